The Labute approximate surface area is 135 Å². The van der Waals surface area contributed by atoms with Crippen molar-refractivity contribution < 1.29 is 19.7 Å². The number of ether oxygens (including phenoxy) is 1. The molecule has 0 radical (unpaired) electrons. The van der Waals surface area contributed by atoms with Gasteiger partial charge < -0.3 is 20.3 Å². The van der Waals surface area contributed by atoms with Gasteiger partial charge in [0.25, 0.3) is 0 Å². The summed E-state index contributed by atoms with van der Waals surface area (Å²) in [5, 5.41) is 21.7. The average molecular weight is 315 g/mol. The van der Waals surface area contributed by atoms with E-state index in [2.05, 4.69) is 5.32 Å². The van der Waals surface area contributed by atoms with Gasteiger partial charge in [-0.25, -0.2) is 0 Å². The Morgan fingerprint density at radius 1 is 1.17 bits per heavy atom. The van der Waals surface area contributed by atoms with Gasteiger partial charge in [0, 0.05) is 5.92 Å². The van der Waals surface area contributed by atoms with Crippen molar-refractivity contribution in [3.05, 3.63) is 48.0 Å². The highest BCUT2D eigenvalue weighted by atomic mass is 16.5. The van der Waals surface area contributed by atoms with Crippen molar-refractivity contribution in [3.63, 3.8) is 0 Å². The molecule has 0 saturated carbocycles. The van der Waals surface area contributed by atoms with Gasteiger partial charge in [-0.3, -0.25) is 4.79 Å². The van der Waals surface area contributed by atoms with E-state index in [1.165, 1.54) is 12.1 Å². The minimum Gasteiger partial charge on any atom is -0.504 e. The molecule has 5 nitrogen and oxygen atoms in total. The molecule has 23 heavy (non-hydrogen) atoms. The maximum Gasteiger partial charge on any atom is 0.227 e. The molecule has 0 heterocycles. The number of aromatic hydroxyl groups is 2. The van der Waals surface area contributed by atoms with Gasteiger partial charge in [-0.05, 0) is 43.2 Å². The Morgan fingerprint density at radius 3 is 2.61 bits per heavy atom. The lowest BCUT2D eigenvalue weighted by molar-refractivity contribution is -0.119. The predicted molar refractivity (Wildman–Crippen MR) is 88.9 cm³/mol. The zero-order valence-corrected chi connectivity index (χ0v) is 13.2. The summed E-state index contributed by atoms with van der Waals surface area (Å²) in [6, 6.07) is 11.9. The Morgan fingerprint density at radius 2 is 1.91 bits per heavy atom. The summed E-state index contributed by atoms with van der Waals surface area (Å²) in [7, 11) is 0. The number of carbonyl (C=O) groups excluding carboxylic acids is 1. The summed E-state index contributed by atoms with van der Waals surface area (Å²) in [5.74, 6) is -0.149. The molecule has 3 N–H and O–H groups in total. The molecule has 0 bridgehead atoms. The Hall–Kier alpha value is -2.69. The SMILES string of the molecule is CCOc1ccccc1NC(=O)C(C)Cc1ccc(O)c(O)c1. The third-order valence-electron chi connectivity index (χ3n) is 3.47. The van der Waals surface area contributed by atoms with E-state index in [4.69, 9.17) is 4.74 Å². The summed E-state index contributed by atoms with van der Waals surface area (Å²) in [5.41, 5.74) is 1.42. The molecule has 0 saturated heterocycles. The number of amides is 1. The van der Waals surface area contributed by atoms with Crippen molar-refractivity contribution in [2.24, 2.45) is 5.92 Å². The average Bonchev–Trinajstić information content (AvgIpc) is 2.53. The fraction of sp³-hybridized carbons (Fsp3) is 0.278. The lowest BCUT2D eigenvalue weighted by atomic mass is 10.00. The van der Waals surface area contributed by atoms with E-state index in [-0.39, 0.29) is 23.3 Å². The van der Waals surface area contributed by atoms with Crippen LogP contribution in [-0.2, 0) is 11.2 Å². The van der Waals surface area contributed by atoms with Crippen LogP contribution in [0.1, 0.15) is 19.4 Å². The van der Waals surface area contributed by atoms with Crippen molar-refractivity contribution in [2.45, 2.75) is 20.3 Å². The monoisotopic (exact) mass is 315 g/mol. The van der Waals surface area contributed by atoms with Gasteiger partial charge in [-0.15, -0.1) is 0 Å². The Bertz CT molecular complexity index is 684. The smallest absolute Gasteiger partial charge is 0.227 e. The number of phenols is 2. The van der Waals surface area contributed by atoms with Crippen LogP contribution in [0.4, 0.5) is 5.69 Å². The molecule has 122 valence electrons. The highest BCUT2D eigenvalue weighted by Gasteiger charge is 2.16. The van der Waals surface area contributed by atoms with Crippen LogP contribution in [0.3, 0.4) is 0 Å². The second-order valence-corrected chi connectivity index (χ2v) is 5.35. The molecule has 0 aliphatic rings. The van der Waals surface area contributed by atoms with Crippen molar-refractivity contribution in [3.8, 4) is 17.2 Å². The number of nitrogens with one attached hydrogen (secondary N) is 1. The zero-order valence-electron chi connectivity index (χ0n) is 13.2. The minimum absolute atomic E-state index is 0.135. The van der Waals surface area contributed by atoms with Crippen LogP contribution < -0.4 is 10.1 Å². The molecule has 5 heteroatoms. The van der Waals surface area contributed by atoms with Crippen LogP contribution in [0.15, 0.2) is 42.5 Å². The summed E-state index contributed by atoms with van der Waals surface area (Å²) in [4.78, 5) is 12.3. The van der Waals surface area contributed by atoms with Crippen LogP contribution >= 0.6 is 0 Å². The topological polar surface area (TPSA) is 78.8 Å². The lowest BCUT2D eigenvalue weighted by Crippen LogP contribution is -2.22. The second kappa shape index (κ2) is 7.54. The molecule has 2 aromatic carbocycles. The van der Waals surface area contributed by atoms with E-state index in [1.807, 2.05) is 32.0 Å². The normalized spacial score (nSPS) is 11.7. The number of hydrogen-bond acceptors (Lipinski definition) is 4. The van der Waals surface area contributed by atoms with E-state index >= 15 is 0 Å². The van der Waals surface area contributed by atoms with Gasteiger partial charge >= 0.3 is 0 Å². The quantitative estimate of drug-likeness (QED) is 0.715. The molecule has 0 fully saturated rings. The molecule has 1 amide bonds. The van der Waals surface area contributed by atoms with Gasteiger partial charge in [0.05, 0.1) is 12.3 Å². The maximum absolute atomic E-state index is 12.3. The first-order chi connectivity index (χ1) is 11.0. The Balaban J connectivity index is 2.04. The van der Waals surface area contributed by atoms with Crippen molar-refractivity contribution in [2.75, 3.05) is 11.9 Å². The van der Waals surface area contributed by atoms with Crippen molar-refractivity contribution in [1.29, 1.82) is 0 Å². The van der Waals surface area contributed by atoms with E-state index in [0.717, 1.165) is 5.56 Å². The molecule has 1 unspecified atom stereocenters. The van der Waals surface area contributed by atoms with Gasteiger partial charge in [0.15, 0.2) is 11.5 Å². The van der Waals surface area contributed by atoms with Crippen molar-refractivity contribution in [1.82, 2.24) is 0 Å². The molecular formula is C18H21NO4. The number of phenolic OH excluding ortho intramolecular Hbond substituents is 2. The summed E-state index contributed by atoms with van der Waals surface area (Å²) in [6.45, 7) is 4.22. The third-order valence-corrected chi connectivity index (χ3v) is 3.47. The van der Waals surface area contributed by atoms with Gasteiger partial charge in [0.1, 0.15) is 5.75 Å². The van der Waals surface area contributed by atoms with E-state index in [9.17, 15) is 15.0 Å². The molecule has 0 aromatic heterocycles. The van der Waals surface area contributed by atoms with Crippen LogP contribution in [0.2, 0.25) is 0 Å². The third kappa shape index (κ3) is 4.39. The second-order valence-electron chi connectivity index (χ2n) is 5.35. The van der Waals surface area contributed by atoms with E-state index in [0.29, 0.717) is 24.5 Å². The fourth-order valence-corrected chi connectivity index (χ4v) is 2.25. The zero-order chi connectivity index (χ0) is 16.8. The molecule has 0 spiro atoms. The van der Waals surface area contributed by atoms with Crippen molar-refractivity contribution >= 4 is 11.6 Å². The number of para-hydroxylation sites is 2. The summed E-state index contributed by atoms with van der Waals surface area (Å²) < 4.78 is 5.49. The van der Waals surface area contributed by atoms with Crippen LogP contribution in [0, 0.1) is 5.92 Å². The predicted octanol–water partition coefficient (Wildman–Crippen LogP) is 3.31. The summed E-state index contributed by atoms with van der Waals surface area (Å²) >= 11 is 0. The van der Waals surface area contributed by atoms with E-state index in [1.54, 1.807) is 12.1 Å². The minimum atomic E-state index is -0.298. The maximum atomic E-state index is 12.3. The van der Waals surface area contributed by atoms with Gasteiger partial charge in [-0.1, -0.05) is 25.1 Å². The molecule has 0 aliphatic carbocycles. The van der Waals surface area contributed by atoms with Gasteiger partial charge in [-0.2, -0.15) is 0 Å². The van der Waals surface area contributed by atoms with Crippen LogP contribution in [0.5, 0.6) is 17.2 Å². The first-order valence-electron chi connectivity index (χ1n) is 7.54. The fourth-order valence-electron chi connectivity index (χ4n) is 2.25. The Kier molecular flexibility index (Phi) is 5.46. The highest BCUT2D eigenvalue weighted by Crippen LogP contribution is 2.27. The number of anilines is 1. The van der Waals surface area contributed by atoms with Gasteiger partial charge in [0.2, 0.25) is 5.91 Å². The molecule has 2 aromatic rings. The molecule has 1 atom stereocenters. The van der Waals surface area contributed by atoms with E-state index < -0.39 is 0 Å². The first-order valence-corrected chi connectivity index (χ1v) is 7.54. The van der Waals surface area contributed by atoms with Crippen LogP contribution in [0.25, 0.3) is 0 Å². The largest absolute Gasteiger partial charge is 0.504 e. The highest BCUT2D eigenvalue weighted by molar-refractivity contribution is 5.93. The summed E-state index contributed by atoms with van der Waals surface area (Å²) in [6.07, 6.45) is 0.455. The van der Waals surface area contributed by atoms with Crippen LogP contribution in [-0.4, -0.2) is 22.7 Å². The standard InChI is InChI=1S/C18H21NO4/c1-3-23-17-7-5-4-6-14(17)19-18(22)12(2)10-13-8-9-15(20)16(21)11-13/h4-9,11-12,20-21H,3,10H2,1-2H3,(H,19,22). The number of benzene rings is 2. The molecule has 2 rings (SSSR count). The number of hydrogen-bond donors (Lipinski definition) is 3. The number of rotatable bonds is 6. The first kappa shape index (κ1) is 16.7. The molecule has 0 aliphatic heterocycles. The number of carbonyl (C=O) groups is 1. The molecular weight excluding hydrogens is 294 g/mol. The lowest BCUT2D eigenvalue weighted by Gasteiger charge is -2.15.